The molecular weight excluding hydrogens is 244 g/mol. The molecule has 0 unspecified atom stereocenters. The number of imidazole rings is 1. The Bertz CT molecular complexity index is 667. The minimum atomic E-state index is 0.883. The van der Waals surface area contributed by atoms with Crippen LogP contribution in [-0.2, 0) is 6.42 Å². The number of rotatable bonds is 3. The highest BCUT2D eigenvalue weighted by atomic mass is 32.1. The van der Waals surface area contributed by atoms with E-state index >= 15 is 0 Å². The molecule has 3 nitrogen and oxygen atoms in total. The van der Waals surface area contributed by atoms with E-state index in [1.165, 1.54) is 16.1 Å². The van der Waals surface area contributed by atoms with Crippen LogP contribution in [-0.4, -0.2) is 16.5 Å². The van der Waals surface area contributed by atoms with Gasteiger partial charge in [0.05, 0.1) is 12.8 Å². The minimum Gasteiger partial charge on any atom is -0.497 e. The highest BCUT2D eigenvalue weighted by molar-refractivity contribution is 7.17. The zero-order valence-corrected chi connectivity index (χ0v) is 11.2. The predicted molar refractivity (Wildman–Crippen MR) is 74.4 cm³/mol. The number of fused-ring (bicyclic) bond motifs is 1. The van der Waals surface area contributed by atoms with Crippen molar-refractivity contribution in [3.05, 3.63) is 41.5 Å². The number of aryl methyl sites for hydroxylation is 1. The smallest absolute Gasteiger partial charge is 0.194 e. The van der Waals surface area contributed by atoms with Crippen LogP contribution in [0.25, 0.3) is 16.2 Å². The number of hydrogen-bond donors (Lipinski definition) is 0. The van der Waals surface area contributed by atoms with Crippen LogP contribution < -0.4 is 4.74 Å². The lowest BCUT2D eigenvalue weighted by Gasteiger charge is -2.05. The SMILES string of the molecule is CCc1sc2nccn2c1-c1ccc(OC)cc1. The van der Waals surface area contributed by atoms with Crippen molar-refractivity contribution in [2.24, 2.45) is 0 Å². The average molecular weight is 258 g/mol. The molecule has 4 heteroatoms. The van der Waals surface area contributed by atoms with Gasteiger partial charge in [0.25, 0.3) is 0 Å². The molecule has 0 fully saturated rings. The van der Waals surface area contributed by atoms with Crippen LogP contribution in [0.3, 0.4) is 0 Å². The number of methoxy groups -OCH3 is 1. The van der Waals surface area contributed by atoms with Gasteiger partial charge in [-0.1, -0.05) is 6.92 Å². The molecule has 0 saturated heterocycles. The maximum absolute atomic E-state index is 5.20. The Morgan fingerprint density at radius 2 is 2.06 bits per heavy atom. The number of hydrogen-bond acceptors (Lipinski definition) is 3. The Kier molecular flexibility index (Phi) is 2.80. The van der Waals surface area contributed by atoms with Gasteiger partial charge in [-0.3, -0.25) is 4.40 Å². The van der Waals surface area contributed by atoms with Gasteiger partial charge in [0.1, 0.15) is 5.75 Å². The Hall–Kier alpha value is -1.81. The van der Waals surface area contributed by atoms with E-state index in [1.54, 1.807) is 18.4 Å². The lowest BCUT2D eigenvalue weighted by atomic mass is 10.1. The first-order valence-electron chi connectivity index (χ1n) is 5.92. The molecule has 2 aromatic heterocycles. The summed E-state index contributed by atoms with van der Waals surface area (Å²) in [5.41, 5.74) is 2.45. The molecule has 3 aromatic rings. The molecule has 92 valence electrons. The summed E-state index contributed by atoms with van der Waals surface area (Å²) in [7, 11) is 1.69. The van der Waals surface area contributed by atoms with Gasteiger partial charge in [-0.15, -0.1) is 11.3 Å². The molecule has 18 heavy (non-hydrogen) atoms. The summed E-state index contributed by atoms with van der Waals surface area (Å²) < 4.78 is 7.36. The standard InChI is InChI=1S/C14H14N2OS/c1-3-12-13(16-9-8-15-14(16)18-12)10-4-6-11(17-2)7-5-10/h4-9H,3H2,1-2H3. The molecule has 0 aliphatic rings. The van der Waals surface area contributed by atoms with Crippen LogP contribution in [0.1, 0.15) is 11.8 Å². The third-order valence-electron chi connectivity index (χ3n) is 3.01. The van der Waals surface area contributed by atoms with Gasteiger partial charge in [-0.25, -0.2) is 4.98 Å². The van der Waals surface area contributed by atoms with E-state index in [1.807, 2.05) is 24.5 Å². The normalized spacial score (nSPS) is 11.0. The van der Waals surface area contributed by atoms with Crippen LogP contribution in [0, 0.1) is 0 Å². The summed E-state index contributed by atoms with van der Waals surface area (Å²) in [6.07, 6.45) is 4.89. The molecule has 0 spiro atoms. The van der Waals surface area contributed by atoms with Crippen molar-refractivity contribution in [1.29, 1.82) is 0 Å². The highest BCUT2D eigenvalue weighted by Gasteiger charge is 2.13. The number of aromatic nitrogens is 2. The van der Waals surface area contributed by atoms with Crippen LogP contribution in [0.2, 0.25) is 0 Å². The maximum Gasteiger partial charge on any atom is 0.194 e. The van der Waals surface area contributed by atoms with Crippen molar-refractivity contribution in [3.63, 3.8) is 0 Å². The molecule has 0 saturated carbocycles. The Balaban J connectivity index is 2.18. The van der Waals surface area contributed by atoms with Gasteiger partial charge >= 0.3 is 0 Å². The van der Waals surface area contributed by atoms with Gasteiger partial charge in [0.2, 0.25) is 0 Å². The quantitative estimate of drug-likeness (QED) is 0.717. The number of benzene rings is 1. The Morgan fingerprint density at radius 1 is 1.28 bits per heavy atom. The lowest BCUT2D eigenvalue weighted by molar-refractivity contribution is 0.415. The van der Waals surface area contributed by atoms with E-state index in [4.69, 9.17) is 4.74 Å². The van der Waals surface area contributed by atoms with Gasteiger partial charge in [-0.05, 0) is 36.2 Å². The number of thiazole rings is 1. The third kappa shape index (κ3) is 1.69. The van der Waals surface area contributed by atoms with Crippen molar-refractivity contribution in [2.45, 2.75) is 13.3 Å². The van der Waals surface area contributed by atoms with Crippen LogP contribution >= 0.6 is 11.3 Å². The fraction of sp³-hybridized carbons (Fsp3) is 0.214. The van der Waals surface area contributed by atoms with Crippen molar-refractivity contribution in [1.82, 2.24) is 9.38 Å². The second-order valence-electron chi connectivity index (χ2n) is 4.04. The first-order valence-corrected chi connectivity index (χ1v) is 6.74. The summed E-state index contributed by atoms with van der Waals surface area (Å²) in [5.74, 6) is 0.883. The number of nitrogens with zero attached hydrogens (tertiary/aromatic N) is 2. The topological polar surface area (TPSA) is 26.5 Å². The van der Waals surface area contributed by atoms with Gasteiger partial charge in [0, 0.05) is 17.3 Å². The highest BCUT2D eigenvalue weighted by Crippen LogP contribution is 2.32. The van der Waals surface area contributed by atoms with Crippen molar-refractivity contribution in [2.75, 3.05) is 7.11 Å². The molecule has 0 bridgehead atoms. The molecule has 3 rings (SSSR count). The zero-order chi connectivity index (χ0) is 12.5. The van der Waals surface area contributed by atoms with E-state index in [0.717, 1.165) is 17.1 Å². The molecule has 0 N–H and O–H groups in total. The molecule has 0 amide bonds. The fourth-order valence-corrected chi connectivity index (χ4v) is 3.16. The predicted octanol–water partition coefficient (Wildman–Crippen LogP) is 3.63. The minimum absolute atomic E-state index is 0.883. The monoisotopic (exact) mass is 258 g/mol. The zero-order valence-electron chi connectivity index (χ0n) is 10.4. The van der Waals surface area contributed by atoms with E-state index in [2.05, 4.69) is 28.4 Å². The molecule has 1 aromatic carbocycles. The van der Waals surface area contributed by atoms with E-state index in [0.29, 0.717) is 0 Å². The summed E-state index contributed by atoms with van der Waals surface area (Å²) in [6.45, 7) is 2.18. The summed E-state index contributed by atoms with van der Waals surface area (Å²) in [4.78, 5) is 6.78. The fourth-order valence-electron chi connectivity index (χ4n) is 2.12. The summed E-state index contributed by atoms with van der Waals surface area (Å²) in [5, 5.41) is 0. The molecule has 0 radical (unpaired) electrons. The second kappa shape index (κ2) is 4.46. The van der Waals surface area contributed by atoms with Crippen LogP contribution in [0.5, 0.6) is 5.75 Å². The Morgan fingerprint density at radius 3 is 2.72 bits per heavy atom. The molecular formula is C14H14N2OS. The van der Waals surface area contributed by atoms with E-state index < -0.39 is 0 Å². The van der Waals surface area contributed by atoms with Gasteiger partial charge in [-0.2, -0.15) is 0 Å². The third-order valence-corrected chi connectivity index (χ3v) is 4.22. The summed E-state index contributed by atoms with van der Waals surface area (Å²) >= 11 is 1.76. The van der Waals surface area contributed by atoms with Gasteiger partial charge < -0.3 is 4.74 Å². The lowest BCUT2D eigenvalue weighted by Crippen LogP contribution is -1.89. The second-order valence-corrected chi connectivity index (χ2v) is 5.10. The first-order chi connectivity index (χ1) is 8.83. The molecule has 0 aliphatic carbocycles. The average Bonchev–Trinajstić information content (AvgIpc) is 2.98. The largest absolute Gasteiger partial charge is 0.497 e. The van der Waals surface area contributed by atoms with Crippen LogP contribution in [0.15, 0.2) is 36.7 Å². The van der Waals surface area contributed by atoms with Crippen molar-refractivity contribution >= 4 is 16.3 Å². The first kappa shape index (κ1) is 11.3. The molecule has 0 atom stereocenters. The molecule has 0 aliphatic heterocycles. The Labute approximate surface area is 110 Å². The van der Waals surface area contributed by atoms with Gasteiger partial charge in [0.15, 0.2) is 4.96 Å². The number of ether oxygens (including phenoxy) is 1. The van der Waals surface area contributed by atoms with E-state index in [-0.39, 0.29) is 0 Å². The molecule has 2 heterocycles. The van der Waals surface area contributed by atoms with Crippen molar-refractivity contribution in [3.8, 4) is 17.0 Å². The van der Waals surface area contributed by atoms with Crippen LogP contribution in [0.4, 0.5) is 0 Å². The summed E-state index contributed by atoms with van der Waals surface area (Å²) in [6, 6.07) is 8.18. The van der Waals surface area contributed by atoms with Crippen molar-refractivity contribution < 1.29 is 4.74 Å². The van der Waals surface area contributed by atoms with E-state index in [9.17, 15) is 0 Å². The maximum atomic E-state index is 5.20.